The van der Waals surface area contributed by atoms with Gasteiger partial charge in [-0.1, -0.05) is 52.4 Å². The van der Waals surface area contributed by atoms with Crippen LogP contribution in [-0.2, 0) is 18.9 Å². The second-order valence-corrected chi connectivity index (χ2v) is 7.32. The van der Waals surface area contributed by atoms with Crippen LogP contribution in [0.25, 0.3) is 0 Å². The van der Waals surface area contributed by atoms with Crippen molar-refractivity contribution in [3.8, 4) is 0 Å². The van der Waals surface area contributed by atoms with Crippen LogP contribution in [0.1, 0.15) is 92.9 Å². The van der Waals surface area contributed by atoms with E-state index >= 15 is 0 Å². The highest BCUT2D eigenvalue weighted by Gasteiger charge is 2.70. The molecule has 0 aromatic rings. The van der Waals surface area contributed by atoms with Crippen LogP contribution in [0.4, 0.5) is 0 Å². The molecule has 0 aromatic heterocycles. The summed E-state index contributed by atoms with van der Waals surface area (Å²) in [5, 5.41) is 0. The molecule has 0 saturated carbocycles. The van der Waals surface area contributed by atoms with Gasteiger partial charge in [-0.2, -0.15) is 0 Å². The molecule has 0 aliphatic carbocycles. The summed E-state index contributed by atoms with van der Waals surface area (Å²) in [4.78, 5) is 0. The van der Waals surface area contributed by atoms with Crippen LogP contribution in [0.5, 0.6) is 0 Å². The molecule has 1 rings (SSSR count). The van der Waals surface area contributed by atoms with Crippen LogP contribution in [0, 0.1) is 0 Å². The van der Waals surface area contributed by atoms with E-state index in [0.717, 1.165) is 19.3 Å². The Labute approximate surface area is 155 Å². The SMILES string of the molecule is CCCCCCCCC(OCC)C(C)(OCC)C1(OCCC)OC1C. The molecule has 0 aromatic carbocycles. The molecule has 0 N–H and O–H groups in total. The van der Waals surface area contributed by atoms with Gasteiger partial charge in [-0.3, -0.25) is 0 Å². The van der Waals surface area contributed by atoms with Gasteiger partial charge in [-0.05, 0) is 40.5 Å². The molecule has 0 amide bonds. The van der Waals surface area contributed by atoms with Gasteiger partial charge < -0.3 is 18.9 Å². The lowest BCUT2D eigenvalue weighted by molar-refractivity contribution is -0.243. The lowest BCUT2D eigenvalue weighted by atomic mass is 9.86. The molecule has 4 atom stereocenters. The number of hydrogen-bond acceptors (Lipinski definition) is 4. The van der Waals surface area contributed by atoms with Crippen molar-refractivity contribution >= 4 is 0 Å². The lowest BCUT2D eigenvalue weighted by Crippen LogP contribution is -2.57. The van der Waals surface area contributed by atoms with E-state index in [1.807, 2.05) is 6.92 Å². The first kappa shape index (κ1) is 22.9. The second kappa shape index (κ2) is 11.5. The topological polar surface area (TPSA) is 40.2 Å². The summed E-state index contributed by atoms with van der Waals surface area (Å²) in [6.07, 6.45) is 9.68. The number of epoxide rings is 1. The van der Waals surface area contributed by atoms with E-state index in [1.165, 1.54) is 32.1 Å². The number of rotatable bonds is 16. The van der Waals surface area contributed by atoms with E-state index in [1.54, 1.807) is 0 Å². The molecule has 0 bridgehead atoms. The maximum Gasteiger partial charge on any atom is 0.227 e. The third-order valence-corrected chi connectivity index (χ3v) is 5.29. The first-order valence-corrected chi connectivity index (χ1v) is 10.6. The highest BCUT2D eigenvalue weighted by molar-refractivity contribution is 5.11. The van der Waals surface area contributed by atoms with Crippen molar-refractivity contribution in [1.82, 2.24) is 0 Å². The van der Waals surface area contributed by atoms with Crippen LogP contribution in [0.15, 0.2) is 0 Å². The van der Waals surface area contributed by atoms with Gasteiger partial charge in [0, 0.05) is 19.8 Å². The van der Waals surface area contributed by atoms with Crippen molar-refractivity contribution < 1.29 is 18.9 Å². The summed E-state index contributed by atoms with van der Waals surface area (Å²) in [5.41, 5.74) is -0.574. The molecule has 0 spiro atoms. The fraction of sp³-hybridized carbons (Fsp3) is 1.00. The van der Waals surface area contributed by atoms with E-state index < -0.39 is 11.4 Å². The van der Waals surface area contributed by atoms with Crippen molar-refractivity contribution in [3.05, 3.63) is 0 Å². The molecule has 150 valence electrons. The van der Waals surface area contributed by atoms with Crippen molar-refractivity contribution in [2.24, 2.45) is 0 Å². The molecule has 25 heavy (non-hydrogen) atoms. The molecule has 1 aliphatic heterocycles. The summed E-state index contributed by atoms with van der Waals surface area (Å²) in [6.45, 7) is 14.6. The fourth-order valence-corrected chi connectivity index (χ4v) is 3.84. The van der Waals surface area contributed by atoms with Gasteiger partial charge in [0.25, 0.3) is 0 Å². The highest BCUT2D eigenvalue weighted by atomic mass is 16.8. The maximum absolute atomic E-state index is 6.26. The standard InChI is InChI=1S/C21H42O4/c1-7-11-12-13-14-15-16-19(22-9-3)20(6,23-10-4)21(18(5)25-21)24-17-8-2/h18-19H,7-17H2,1-6H3. The minimum atomic E-state index is -0.666. The van der Waals surface area contributed by atoms with E-state index in [-0.39, 0.29) is 12.2 Å². The zero-order chi connectivity index (χ0) is 18.8. The molecule has 0 radical (unpaired) electrons. The van der Waals surface area contributed by atoms with Crippen LogP contribution in [0.3, 0.4) is 0 Å². The minimum Gasteiger partial charge on any atom is -0.375 e. The molecule has 1 fully saturated rings. The van der Waals surface area contributed by atoms with Gasteiger partial charge >= 0.3 is 0 Å². The zero-order valence-electron chi connectivity index (χ0n) is 17.6. The Morgan fingerprint density at radius 3 is 2.12 bits per heavy atom. The number of ether oxygens (including phenoxy) is 4. The van der Waals surface area contributed by atoms with E-state index in [2.05, 4.69) is 34.6 Å². The number of hydrogen-bond donors (Lipinski definition) is 0. The molecule has 1 saturated heterocycles. The van der Waals surface area contributed by atoms with Crippen LogP contribution >= 0.6 is 0 Å². The summed E-state index contributed by atoms with van der Waals surface area (Å²) >= 11 is 0. The van der Waals surface area contributed by atoms with Gasteiger partial charge in [0.2, 0.25) is 5.79 Å². The first-order chi connectivity index (χ1) is 12.0. The maximum atomic E-state index is 6.26. The molecule has 1 heterocycles. The molecular formula is C21H42O4. The highest BCUT2D eigenvalue weighted by Crippen LogP contribution is 2.51. The lowest BCUT2D eigenvalue weighted by Gasteiger charge is -2.41. The average Bonchev–Trinajstić information content (AvgIpc) is 3.27. The van der Waals surface area contributed by atoms with Crippen molar-refractivity contribution in [2.75, 3.05) is 19.8 Å². The summed E-state index contributed by atoms with van der Waals surface area (Å²) < 4.78 is 24.6. The van der Waals surface area contributed by atoms with Gasteiger partial charge in [0.15, 0.2) is 0 Å². The predicted octanol–water partition coefficient (Wildman–Crippen LogP) is 5.48. The molecule has 1 aliphatic rings. The zero-order valence-corrected chi connectivity index (χ0v) is 17.6. The van der Waals surface area contributed by atoms with Crippen LogP contribution in [-0.4, -0.2) is 43.4 Å². The fourth-order valence-electron chi connectivity index (χ4n) is 3.84. The number of unbranched alkanes of at least 4 members (excludes halogenated alkanes) is 5. The van der Waals surface area contributed by atoms with Crippen molar-refractivity contribution in [3.63, 3.8) is 0 Å². The molecule has 4 heteroatoms. The Bertz CT molecular complexity index is 349. The van der Waals surface area contributed by atoms with E-state index in [0.29, 0.717) is 19.8 Å². The largest absolute Gasteiger partial charge is 0.375 e. The van der Waals surface area contributed by atoms with Crippen LogP contribution < -0.4 is 0 Å². The van der Waals surface area contributed by atoms with E-state index in [9.17, 15) is 0 Å². The first-order valence-electron chi connectivity index (χ1n) is 10.6. The third kappa shape index (κ3) is 5.92. The van der Waals surface area contributed by atoms with Crippen molar-refractivity contribution in [2.45, 2.75) is 117 Å². The second-order valence-electron chi connectivity index (χ2n) is 7.32. The third-order valence-electron chi connectivity index (χ3n) is 5.29. The van der Waals surface area contributed by atoms with Gasteiger partial charge in [0.1, 0.15) is 11.7 Å². The Morgan fingerprint density at radius 2 is 1.60 bits per heavy atom. The Morgan fingerprint density at radius 1 is 0.960 bits per heavy atom. The normalized spacial score (nSPS) is 26.4. The monoisotopic (exact) mass is 358 g/mol. The smallest absolute Gasteiger partial charge is 0.227 e. The Balaban J connectivity index is 2.75. The molecular weight excluding hydrogens is 316 g/mol. The van der Waals surface area contributed by atoms with Gasteiger partial charge in [-0.25, -0.2) is 0 Å². The quantitative estimate of drug-likeness (QED) is 0.271. The van der Waals surface area contributed by atoms with Gasteiger partial charge in [-0.15, -0.1) is 0 Å². The predicted molar refractivity (Wildman–Crippen MR) is 103 cm³/mol. The molecule has 4 nitrogen and oxygen atoms in total. The van der Waals surface area contributed by atoms with Crippen LogP contribution in [0.2, 0.25) is 0 Å². The van der Waals surface area contributed by atoms with Gasteiger partial charge in [0.05, 0.1) is 6.10 Å². The van der Waals surface area contributed by atoms with E-state index in [4.69, 9.17) is 18.9 Å². The Hall–Kier alpha value is -0.160. The summed E-state index contributed by atoms with van der Waals surface area (Å²) in [6, 6.07) is 0. The average molecular weight is 359 g/mol. The Kier molecular flexibility index (Phi) is 10.6. The van der Waals surface area contributed by atoms with Crippen molar-refractivity contribution in [1.29, 1.82) is 0 Å². The molecule has 4 unspecified atom stereocenters. The summed E-state index contributed by atoms with van der Waals surface area (Å²) in [5.74, 6) is -0.666. The minimum absolute atomic E-state index is 0.00886. The summed E-state index contributed by atoms with van der Waals surface area (Å²) in [7, 11) is 0.